The normalized spacial score (nSPS) is 16.8. The van der Waals surface area contributed by atoms with Gasteiger partial charge in [-0.25, -0.2) is 13.1 Å². The van der Waals surface area contributed by atoms with E-state index in [0.717, 1.165) is 47.4 Å². The summed E-state index contributed by atoms with van der Waals surface area (Å²) in [4.78, 5) is 18.1. The molecule has 2 aromatic rings. The first-order chi connectivity index (χ1) is 25.9. The molecule has 7 heteroatoms. The lowest BCUT2D eigenvalue weighted by Crippen LogP contribution is -2.35. The number of Topliss-reactive ketones (excluding diaryl/α,β-unsaturated/α-hetero) is 1. The van der Waals surface area contributed by atoms with Crippen LogP contribution in [0.2, 0.25) is 0 Å². The number of hydrogen-bond donors (Lipinski definition) is 1. The molecule has 0 radical (unpaired) electrons. The van der Waals surface area contributed by atoms with E-state index in [0.29, 0.717) is 17.1 Å². The molecule has 0 bridgehead atoms. The number of carbonyl (C=O) groups excluding carboxylic acids is 1. The van der Waals surface area contributed by atoms with E-state index in [1.54, 1.807) is 0 Å². The summed E-state index contributed by atoms with van der Waals surface area (Å²) in [6.07, 6.45) is 15.3. The van der Waals surface area contributed by atoms with Crippen LogP contribution in [0.4, 0.5) is 0 Å². The van der Waals surface area contributed by atoms with Crippen LogP contribution in [0.15, 0.2) is 66.8 Å². The number of fused-ring (bicyclic) bond motifs is 3. The second kappa shape index (κ2) is 24.9. The van der Waals surface area contributed by atoms with Gasteiger partial charge in [-0.05, 0) is 101 Å². The lowest BCUT2D eigenvalue weighted by molar-refractivity contribution is -0.130. The number of nitrogens with one attached hydrogen (secondary N) is 1. The molecule has 0 amide bonds. The van der Waals surface area contributed by atoms with Crippen molar-refractivity contribution in [2.75, 3.05) is 0 Å². The van der Waals surface area contributed by atoms with E-state index in [4.69, 9.17) is 4.84 Å². The molecule has 6 nitrogen and oxygen atoms in total. The van der Waals surface area contributed by atoms with Crippen LogP contribution < -0.4 is 4.72 Å². The van der Waals surface area contributed by atoms with Gasteiger partial charge in [0, 0.05) is 29.0 Å². The average Bonchev–Trinajstić information content (AvgIpc) is 3.97. The fourth-order valence-electron chi connectivity index (χ4n) is 7.27. The molecular weight excluding hydrogens is 713 g/mol. The van der Waals surface area contributed by atoms with E-state index in [2.05, 4.69) is 108 Å². The molecule has 56 heavy (non-hydrogen) atoms. The maximum Gasteiger partial charge on any atom is 0.214 e. The second-order valence-electron chi connectivity index (χ2n) is 18.1. The van der Waals surface area contributed by atoms with Gasteiger partial charge in [0.05, 0.1) is 5.25 Å². The fourth-order valence-corrected chi connectivity index (χ4v) is 8.88. The number of sulfonamides is 1. The number of nitrogens with zero attached hydrogens (tertiary/aromatic N) is 1. The Morgan fingerprint density at radius 3 is 1.38 bits per heavy atom. The Kier molecular flexibility index (Phi) is 22.8. The summed E-state index contributed by atoms with van der Waals surface area (Å²) in [5.41, 5.74) is 6.21. The zero-order valence-corrected chi connectivity index (χ0v) is 37.4. The van der Waals surface area contributed by atoms with E-state index in [9.17, 15) is 13.2 Å². The Morgan fingerprint density at radius 1 is 0.696 bits per heavy atom. The van der Waals surface area contributed by atoms with Crippen LogP contribution in [0, 0.1) is 35.0 Å². The minimum Gasteiger partial charge on any atom is -0.393 e. The van der Waals surface area contributed by atoms with Gasteiger partial charge in [0.15, 0.2) is 0 Å². The third kappa shape index (κ3) is 16.6. The Labute approximate surface area is 345 Å². The van der Waals surface area contributed by atoms with Gasteiger partial charge in [-0.15, -0.1) is 13.2 Å². The van der Waals surface area contributed by atoms with Gasteiger partial charge in [0.2, 0.25) is 10.0 Å². The summed E-state index contributed by atoms with van der Waals surface area (Å²) in [7, 11) is -2.94. The van der Waals surface area contributed by atoms with Crippen LogP contribution >= 0.6 is 0 Å². The zero-order valence-electron chi connectivity index (χ0n) is 36.6. The lowest BCUT2D eigenvalue weighted by atomic mass is 9.66. The van der Waals surface area contributed by atoms with E-state index in [1.165, 1.54) is 75.3 Å². The molecule has 0 atom stereocenters. The van der Waals surface area contributed by atoms with Crippen LogP contribution in [0.25, 0.3) is 11.1 Å². The van der Waals surface area contributed by atoms with Gasteiger partial charge >= 0.3 is 0 Å². The topological polar surface area (TPSA) is 84.8 Å². The molecule has 3 saturated carbocycles. The molecule has 318 valence electrons. The zero-order chi connectivity index (χ0) is 41.3. The smallest absolute Gasteiger partial charge is 0.214 e. The van der Waals surface area contributed by atoms with Crippen LogP contribution in [-0.2, 0) is 19.7 Å². The number of carbonyl (C=O) groups is 1. The minimum absolute atomic E-state index is 0. The molecule has 2 aromatic carbocycles. The van der Waals surface area contributed by atoms with Crippen LogP contribution in [0.3, 0.4) is 0 Å². The average molecular weight is 795 g/mol. The molecule has 4 aliphatic rings. The predicted molar refractivity (Wildman–Crippen MR) is 243 cm³/mol. The summed E-state index contributed by atoms with van der Waals surface area (Å²) in [5.74, 6) is 3.46. The molecule has 0 aromatic heterocycles. The molecule has 0 saturated heterocycles. The highest BCUT2D eigenvalue weighted by atomic mass is 32.2. The van der Waals surface area contributed by atoms with Gasteiger partial charge in [-0.3, -0.25) is 4.79 Å². The van der Waals surface area contributed by atoms with Gasteiger partial charge in [-0.1, -0.05) is 148 Å². The van der Waals surface area contributed by atoms with Crippen molar-refractivity contribution in [3.63, 3.8) is 0 Å². The molecule has 3 fully saturated rings. The first-order valence-electron chi connectivity index (χ1n) is 21.4. The van der Waals surface area contributed by atoms with Crippen molar-refractivity contribution in [1.29, 1.82) is 0 Å². The van der Waals surface area contributed by atoms with Crippen molar-refractivity contribution in [1.82, 2.24) is 4.72 Å². The fraction of sp³-hybridized carbons (Fsp3) is 0.673. The standard InChI is InChI=1S/C17H30O.C16H15NO.C7H16.C6H13NO2S.C2H4.CH4/c1-13(2)17(18)16(14-9-5-3-6-10-14)15-11-7-4-8-12-15;1-11(2)18-17-16-14-9-5-3-7-12(14)13-8-4-6-10-15(13)16;1-6(2)7(3,4)5;1-5(2)7-10(8,9)6-3-4-6;1-2;/h13-16H,3-12H2,1-2H3;3-11H,1-2H3;6H,1-5H3;5-7H,3-4H2,1-2H3;1-2H2;1H4. The molecule has 4 aliphatic carbocycles. The van der Waals surface area contributed by atoms with Crippen molar-refractivity contribution >= 4 is 21.5 Å². The first kappa shape index (κ1) is 51.2. The highest BCUT2D eigenvalue weighted by Crippen LogP contribution is 2.41. The second-order valence-corrected chi connectivity index (χ2v) is 20.1. The first-order valence-corrected chi connectivity index (χ1v) is 23.0. The SMILES string of the molecule is C.C=C.CC(C)C(=O)C(C1CCCCC1)C1CCCCC1.CC(C)C(C)(C)C.CC(C)NS(=O)(=O)C1CC1.CC(C)ON=C1c2ccccc2-c2ccccc21. The monoisotopic (exact) mass is 795 g/mol. The van der Waals surface area contributed by atoms with E-state index < -0.39 is 10.0 Å². The van der Waals surface area contributed by atoms with Crippen LogP contribution in [-0.4, -0.2) is 37.3 Å². The number of oxime groups is 1. The molecule has 0 unspecified atom stereocenters. The van der Waals surface area contributed by atoms with E-state index in [1.807, 2.05) is 39.8 Å². The quantitative estimate of drug-likeness (QED) is 0.173. The maximum absolute atomic E-state index is 12.6. The summed E-state index contributed by atoms with van der Waals surface area (Å²) < 4.78 is 24.7. The number of rotatable bonds is 9. The number of ketones is 1. The highest BCUT2D eigenvalue weighted by molar-refractivity contribution is 7.90. The van der Waals surface area contributed by atoms with E-state index in [-0.39, 0.29) is 30.7 Å². The van der Waals surface area contributed by atoms with Gasteiger partial charge in [0.25, 0.3) is 0 Å². The number of hydrogen-bond acceptors (Lipinski definition) is 5. The largest absolute Gasteiger partial charge is 0.393 e. The van der Waals surface area contributed by atoms with Gasteiger partial charge in [-0.2, -0.15) is 0 Å². The van der Waals surface area contributed by atoms with Crippen molar-refractivity contribution in [3.8, 4) is 11.1 Å². The van der Waals surface area contributed by atoms with E-state index >= 15 is 0 Å². The summed E-state index contributed by atoms with van der Waals surface area (Å²) in [6, 6.07) is 16.7. The molecule has 0 spiro atoms. The molecule has 1 N–H and O–H groups in total. The maximum atomic E-state index is 12.6. The molecular formula is C49H82N2O4S. The Hall–Kier alpha value is -2.77. The molecule has 0 aliphatic heterocycles. The summed E-state index contributed by atoms with van der Waals surface area (Å²) in [6.45, 7) is 29.1. The van der Waals surface area contributed by atoms with Crippen molar-refractivity contribution in [2.45, 2.75) is 178 Å². The van der Waals surface area contributed by atoms with Crippen LogP contribution in [0.5, 0.6) is 0 Å². The van der Waals surface area contributed by atoms with Gasteiger partial charge in [0.1, 0.15) is 17.6 Å². The number of benzene rings is 2. The van der Waals surface area contributed by atoms with Crippen molar-refractivity contribution < 1.29 is 18.0 Å². The Balaban J connectivity index is 0.000000388. The summed E-state index contributed by atoms with van der Waals surface area (Å²) in [5, 5.41) is 4.23. The third-order valence-electron chi connectivity index (χ3n) is 11.3. The van der Waals surface area contributed by atoms with Crippen molar-refractivity contribution in [2.24, 2.45) is 40.2 Å². The highest BCUT2D eigenvalue weighted by Gasteiger charge is 2.37. The third-order valence-corrected chi connectivity index (χ3v) is 13.5. The summed E-state index contributed by atoms with van der Waals surface area (Å²) >= 11 is 0. The Morgan fingerprint density at radius 2 is 1.07 bits per heavy atom. The molecule has 0 heterocycles. The van der Waals surface area contributed by atoms with Crippen LogP contribution in [0.1, 0.15) is 172 Å². The molecule has 6 rings (SSSR count). The van der Waals surface area contributed by atoms with Crippen molar-refractivity contribution in [3.05, 3.63) is 72.8 Å². The predicted octanol–water partition coefficient (Wildman–Crippen LogP) is 13.4. The minimum atomic E-state index is -2.94. The Bertz CT molecular complexity index is 1490. The van der Waals surface area contributed by atoms with Gasteiger partial charge < -0.3 is 4.84 Å². The lowest BCUT2D eigenvalue weighted by Gasteiger charge is -2.37.